The standard InChI is InChI=1S/C14H17BrClN3O2/c1-2-17-14(21)19-7-5-18(6-8-19)13(20)11-4-3-10(16)9-12(11)15/h3-4,9H,2,5-8H2,1H3,(H,17,21). The van der Waals surface area contributed by atoms with E-state index in [-0.39, 0.29) is 11.9 Å². The number of amides is 3. The van der Waals surface area contributed by atoms with E-state index in [1.54, 1.807) is 28.0 Å². The van der Waals surface area contributed by atoms with E-state index >= 15 is 0 Å². The predicted octanol–water partition coefficient (Wildman–Crippen LogP) is 2.59. The van der Waals surface area contributed by atoms with Crippen LogP contribution in [0.3, 0.4) is 0 Å². The van der Waals surface area contributed by atoms with Gasteiger partial charge in [-0.2, -0.15) is 0 Å². The molecule has 1 aliphatic rings. The molecule has 0 unspecified atom stereocenters. The first-order valence-electron chi connectivity index (χ1n) is 6.80. The van der Waals surface area contributed by atoms with Gasteiger partial charge in [0.25, 0.3) is 5.91 Å². The number of carbonyl (C=O) groups excluding carboxylic acids is 2. The highest BCUT2D eigenvalue weighted by Crippen LogP contribution is 2.23. The number of rotatable bonds is 2. The smallest absolute Gasteiger partial charge is 0.317 e. The summed E-state index contributed by atoms with van der Waals surface area (Å²) in [5.41, 5.74) is 0.589. The molecule has 0 atom stereocenters. The van der Waals surface area contributed by atoms with Crippen LogP contribution in [-0.2, 0) is 0 Å². The maximum Gasteiger partial charge on any atom is 0.317 e. The van der Waals surface area contributed by atoms with Crippen LogP contribution in [0.5, 0.6) is 0 Å². The molecule has 1 aliphatic heterocycles. The Morgan fingerprint density at radius 3 is 2.43 bits per heavy atom. The lowest BCUT2D eigenvalue weighted by atomic mass is 10.2. The van der Waals surface area contributed by atoms with Crippen LogP contribution in [0, 0.1) is 0 Å². The number of nitrogens with zero attached hydrogens (tertiary/aromatic N) is 2. The third-order valence-electron chi connectivity index (χ3n) is 3.34. The molecule has 0 aliphatic carbocycles. The molecule has 2 rings (SSSR count). The lowest BCUT2D eigenvalue weighted by molar-refractivity contribution is 0.0664. The Morgan fingerprint density at radius 2 is 1.86 bits per heavy atom. The molecule has 1 heterocycles. The molecule has 114 valence electrons. The van der Waals surface area contributed by atoms with Gasteiger partial charge in [-0.25, -0.2) is 4.79 Å². The van der Waals surface area contributed by atoms with Crippen LogP contribution in [-0.4, -0.2) is 54.5 Å². The number of hydrogen-bond donors (Lipinski definition) is 1. The van der Waals surface area contributed by atoms with E-state index in [4.69, 9.17) is 11.6 Å². The van der Waals surface area contributed by atoms with Crippen LogP contribution < -0.4 is 5.32 Å². The van der Waals surface area contributed by atoms with Gasteiger partial charge in [-0.05, 0) is 41.1 Å². The summed E-state index contributed by atoms with van der Waals surface area (Å²) in [5.74, 6) is -0.0471. The maximum atomic E-state index is 12.5. The molecule has 1 fully saturated rings. The van der Waals surface area contributed by atoms with Crippen LogP contribution in [0.4, 0.5) is 4.79 Å². The molecule has 1 N–H and O–H groups in total. The van der Waals surface area contributed by atoms with Crippen LogP contribution in [0.15, 0.2) is 22.7 Å². The second kappa shape index (κ2) is 7.13. The quantitative estimate of drug-likeness (QED) is 0.865. The normalized spacial score (nSPS) is 15.0. The Labute approximate surface area is 137 Å². The molecule has 0 bridgehead atoms. The third kappa shape index (κ3) is 3.89. The SMILES string of the molecule is CCNC(=O)N1CCN(C(=O)c2ccc(Cl)cc2Br)CC1. The summed E-state index contributed by atoms with van der Waals surface area (Å²) in [6.45, 7) is 4.65. The minimum Gasteiger partial charge on any atom is -0.338 e. The molecular formula is C14H17BrClN3O2. The Kier molecular flexibility index (Phi) is 5.47. The van der Waals surface area contributed by atoms with Gasteiger partial charge >= 0.3 is 6.03 Å². The van der Waals surface area contributed by atoms with E-state index in [9.17, 15) is 9.59 Å². The Morgan fingerprint density at radius 1 is 1.24 bits per heavy atom. The number of piperazine rings is 1. The van der Waals surface area contributed by atoms with Crippen molar-refractivity contribution in [2.24, 2.45) is 0 Å². The summed E-state index contributed by atoms with van der Waals surface area (Å²) in [4.78, 5) is 27.7. The van der Waals surface area contributed by atoms with E-state index in [0.29, 0.717) is 47.8 Å². The lowest BCUT2D eigenvalue weighted by Gasteiger charge is -2.34. The highest BCUT2D eigenvalue weighted by molar-refractivity contribution is 9.10. The van der Waals surface area contributed by atoms with Gasteiger partial charge in [0.15, 0.2) is 0 Å². The van der Waals surface area contributed by atoms with Crippen molar-refractivity contribution in [3.63, 3.8) is 0 Å². The van der Waals surface area contributed by atoms with Crippen LogP contribution >= 0.6 is 27.5 Å². The fraction of sp³-hybridized carbons (Fsp3) is 0.429. The summed E-state index contributed by atoms with van der Waals surface area (Å²) in [7, 11) is 0. The van der Waals surface area contributed by atoms with Gasteiger partial charge in [-0.1, -0.05) is 11.6 Å². The maximum absolute atomic E-state index is 12.5. The average molecular weight is 375 g/mol. The topological polar surface area (TPSA) is 52.7 Å². The molecule has 3 amide bonds. The van der Waals surface area contributed by atoms with Crippen LogP contribution in [0.2, 0.25) is 5.02 Å². The molecule has 1 saturated heterocycles. The summed E-state index contributed by atoms with van der Waals surface area (Å²) < 4.78 is 0.686. The van der Waals surface area contributed by atoms with Crippen molar-refractivity contribution >= 4 is 39.5 Å². The fourth-order valence-corrected chi connectivity index (χ4v) is 3.06. The van der Waals surface area contributed by atoms with E-state index in [2.05, 4.69) is 21.2 Å². The molecule has 0 saturated carbocycles. The number of nitrogens with one attached hydrogen (secondary N) is 1. The predicted molar refractivity (Wildman–Crippen MR) is 85.7 cm³/mol. The van der Waals surface area contributed by atoms with Crippen molar-refractivity contribution < 1.29 is 9.59 Å². The molecule has 7 heteroatoms. The van der Waals surface area contributed by atoms with Gasteiger partial charge in [-0.3, -0.25) is 4.79 Å². The lowest BCUT2D eigenvalue weighted by Crippen LogP contribution is -2.53. The van der Waals surface area contributed by atoms with Gasteiger partial charge < -0.3 is 15.1 Å². The largest absolute Gasteiger partial charge is 0.338 e. The summed E-state index contributed by atoms with van der Waals surface area (Å²) in [5, 5.41) is 3.35. The number of halogens is 2. The third-order valence-corrected chi connectivity index (χ3v) is 4.23. The molecule has 0 aromatic heterocycles. The van der Waals surface area contributed by atoms with Gasteiger partial charge in [-0.15, -0.1) is 0 Å². The van der Waals surface area contributed by atoms with Crippen LogP contribution in [0.25, 0.3) is 0 Å². The Balaban J connectivity index is 1.98. The van der Waals surface area contributed by atoms with Crippen molar-refractivity contribution in [1.82, 2.24) is 15.1 Å². The second-order valence-corrected chi connectivity index (χ2v) is 6.03. The number of hydrogen-bond acceptors (Lipinski definition) is 2. The van der Waals surface area contributed by atoms with Crippen molar-refractivity contribution in [3.8, 4) is 0 Å². The van der Waals surface area contributed by atoms with Crippen molar-refractivity contribution in [2.75, 3.05) is 32.7 Å². The van der Waals surface area contributed by atoms with E-state index in [1.807, 2.05) is 6.92 Å². The highest BCUT2D eigenvalue weighted by atomic mass is 79.9. The monoisotopic (exact) mass is 373 g/mol. The highest BCUT2D eigenvalue weighted by Gasteiger charge is 2.25. The summed E-state index contributed by atoms with van der Waals surface area (Å²) in [6.07, 6.45) is 0. The van der Waals surface area contributed by atoms with Gasteiger partial charge in [0.05, 0.1) is 5.56 Å². The fourth-order valence-electron chi connectivity index (χ4n) is 2.21. The molecular weight excluding hydrogens is 358 g/mol. The summed E-state index contributed by atoms with van der Waals surface area (Å²) in [6, 6.07) is 5.05. The van der Waals surface area contributed by atoms with Crippen molar-refractivity contribution in [2.45, 2.75) is 6.92 Å². The van der Waals surface area contributed by atoms with E-state index in [1.165, 1.54) is 0 Å². The van der Waals surface area contributed by atoms with E-state index < -0.39 is 0 Å². The Bertz CT molecular complexity index is 545. The summed E-state index contributed by atoms with van der Waals surface area (Å²) >= 11 is 9.25. The molecule has 1 aromatic carbocycles. The Hall–Kier alpha value is -1.27. The molecule has 5 nitrogen and oxygen atoms in total. The molecule has 0 spiro atoms. The van der Waals surface area contributed by atoms with Gasteiger partial charge in [0, 0.05) is 42.2 Å². The van der Waals surface area contributed by atoms with Crippen LogP contribution in [0.1, 0.15) is 17.3 Å². The number of carbonyl (C=O) groups is 2. The van der Waals surface area contributed by atoms with Gasteiger partial charge in [0.2, 0.25) is 0 Å². The molecule has 0 radical (unpaired) electrons. The molecule has 21 heavy (non-hydrogen) atoms. The minimum atomic E-state index is -0.0720. The zero-order valence-corrected chi connectivity index (χ0v) is 14.1. The van der Waals surface area contributed by atoms with Crippen molar-refractivity contribution in [1.29, 1.82) is 0 Å². The first-order valence-corrected chi connectivity index (χ1v) is 7.97. The number of benzene rings is 1. The van der Waals surface area contributed by atoms with Crippen molar-refractivity contribution in [3.05, 3.63) is 33.3 Å². The molecule has 1 aromatic rings. The minimum absolute atomic E-state index is 0.0471. The second-order valence-electron chi connectivity index (χ2n) is 4.74. The zero-order valence-electron chi connectivity index (χ0n) is 11.7. The zero-order chi connectivity index (χ0) is 15.4. The van der Waals surface area contributed by atoms with Gasteiger partial charge in [0.1, 0.15) is 0 Å². The first kappa shape index (κ1) is 16.1. The van der Waals surface area contributed by atoms with E-state index in [0.717, 1.165) is 0 Å². The average Bonchev–Trinajstić information content (AvgIpc) is 2.47. The first-order chi connectivity index (χ1) is 10.0. The number of urea groups is 1.